The topological polar surface area (TPSA) is 24.9 Å². The van der Waals surface area contributed by atoms with Crippen LogP contribution in [-0.2, 0) is 0 Å². The molecular weight excluding hydrogens is 248 g/mol. The molecule has 1 unspecified atom stereocenters. The van der Waals surface area contributed by atoms with Crippen LogP contribution in [0.2, 0.25) is 5.02 Å². The molecule has 5 heteroatoms. The number of hydrogen-bond donors (Lipinski definition) is 1. The van der Waals surface area contributed by atoms with Gasteiger partial charge in [0.2, 0.25) is 0 Å². The van der Waals surface area contributed by atoms with Crippen molar-refractivity contribution >= 4 is 34.3 Å². The second-order valence-corrected chi connectivity index (χ2v) is 5.76. The van der Waals surface area contributed by atoms with Gasteiger partial charge in [-0.1, -0.05) is 11.6 Å². The molecule has 1 atom stereocenters. The minimum absolute atomic E-state index is 0.170. The van der Waals surface area contributed by atoms with E-state index in [4.69, 9.17) is 11.6 Å². The van der Waals surface area contributed by atoms with Gasteiger partial charge in [-0.15, -0.1) is 22.7 Å². The van der Waals surface area contributed by atoms with Crippen LogP contribution in [-0.4, -0.2) is 12.0 Å². The Kier molecular flexibility index (Phi) is 3.41. The summed E-state index contributed by atoms with van der Waals surface area (Å²) in [5, 5.41) is 7.19. The van der Waals surface area contributed by atoms with Crippen molar-refractivity contribution < 1.29 is 0 Å². The zero-order valence-electron chi connectivity index (χ0n) is 8.45. The first-order valence-electron chi connectivity index (χ1n) is 4.55. The van der Waals surface area contributed by atoms with Crippen LogP contribution in [0.15, 0.2) is 17.6 Å². The van der Waals surface area contributed by atoms with E-state index in [-0.39, 0.29) is 6.04 Å². The van der Waals surface area contributed by atoms with E-state index in [1.54, 1.807) is 22.7 Å². The second kappa shape index (κ2) is 4.61. The Morgan fingerprint density at radius 1 is 1.53 bits per heavy atom. The lowest BCUT2D eigenvalue weighted by atomic mass is 10.2. The number of rotatable bonds is 3. The molecule has 2 aromatic rings. The summed E-state index contributed by atoms with van der Waals surface area (Å²) in [5.41, 5.74) is 0. The number of nitrogens with zero attached hydrogens (tertiary/aromatic N) is 1. The normalized spacial score (nSPS) is 13.0. The highest BCUT2D eigenvalue weighted by Gasteiger charge is 2.18. The summed E-state index contributed by atoms with van der Waals surface area (Å²) < 4.78 is 0. The number of thiazole rings is 1. The molecule has 0 radical (unpaired) electrons. The average Bonchev–Trinajstić information content (AvgIpc) is 2.79. The quantitative estimate of drug-likeness (QED) is 0.912. The molecular formula is C10H11ClN2S2. The molecule has 0 saturated carbocycles. The van der Waals surface area contributed by atoms with Crippen molar-refractivity contribution in [3.63, 3.8) is 0 Å². The van der Waals surface area contributed by atoms with Gasteiger partial charge < -0.3 is 5.32 Å². The summed E-state index contributed by atoms with van der Waals surface area (Å²) in [6, 6.07) is 2.10. The van der Waals surface area contributed by atoms with Crippen LogP contribution in [0.25, 0.3) is 0 Å². The van der Waals surface area contributed by atoms with Gasteiger partial charge in [0.25, 0.3) is 0 Å². The van der Waals surface area contributed by atoms with Crippen LogP contribution in [0.1, 0.15) is 20.8 Å². The fourth-order valence-corrected chi connectivity index (χ4v) is 3.70. The third-order valence-electron chi connectivity index (χ3n) is 2.12. The number of nitrogens with one attached hydrogen (secondary N) is 1. The molecule has 0 spiro atoms. The van der Waals surface area contributed by atoms with E-state index in [1.807, 2.05) is 31.6 Å². The molecule has 0 saturated heterocycles. The maximum absolute atomic E-state index is 6.12. The van der Waals surface area contributed by atoms with E-state index in [0.29, 0.717) is 0 Å². The van der Waals surface area contributed by atoms with E-state index in [2.05, 4.69) is 10.3 Å². The third-order valence-corrected chi connectivity index (χ3v) is 4.52. The average molecular weight is 259 g/mol. The van der Waals surface area contributed by atoms with Crippen molar-refractivity contribution in [2.24, 2.45) is 0 Å². The van der Waals surface area contributed by atoms with Gasteiger partial charge in [-0.2, -0.15) is 0 Å². The molecule has 0 amide bonds. The Morgan fingerprint density at radius 2 is 2.33 bits per heavy atom. The first-order chi connectivity index (χ1) is 7.22. The summed E-state index contributed by atoms with van der Waals surface area (Å²) in [5.74, 6) is 0. The summed E-state index contributed by atoms with van der Waals surface area (Å²) in [7, 11) is 1.94. The first kappa shape index (κ1) is 11.1. The molecule has 0 aliphatic heterocycles. The van der Waals surface area contributed by atoms with E-state index in [0.717, 1.165) is 14.9 Å². The van der Waals surface area contributed by atoms with E-state index in [1.165, 1.54) is 4.88 Å². The molecule has 0 aromatic carbocycles. The summed E-state index contributed by atoms with van der Waals surface area (Å²) in [6.45, 7) is 2.01. The van der Waals surface area contributed by atoms with Gasteiger partial charge in [0.15, 0.2) is 0 Å². The SMILES string of the molecule is CNC(c1cnc(C)s1)c1sccc1Cl. The summed E-state index contributed by atoms with van der Waals surface area (Å²) in [6.07, 6.45) is 1.91. The maximum Gasteiger partial charge on any atom is 0.0897 e. The second-order valence-electron chi connectivity index (χ2n) is 3.14. The molecule has 2 nitrogen and oxygen atoms in total. The van der Waals surface area contributed by atoms with Crippen LogP contribution in [0.4, 0.5) is 0 Å². The number of halogens is 1. The Bertz CT molecular complexity index is 450. The van der Waals surface area contributed by atoms with Gasteiger partial charge in [-0.3, -0.25) is 0 Å². The van der Waals surface area contributed by atoms with Crippen molar-refractivity contribution in [2.45, 2.75) is 13.0 Å². The van der Waals surface area contributed by atoms with Gasteiger partial charge in [-0.05, 0) is 25.4 Å². The highest BCUT2D eigenvalue weighted by Crippen LogP contribution is 2.34. The van der Waals surface area contributed by atoms with Crippen molar-refractivity contribution in [3.05, 3.63) is 37.4 Å². The Labute approximate surface area is 102 Å². The predicted octanol–water partition coefficient (Wildman–Crippen LogP) is 3.48. The standard InChI is InChI=1S/C10H11ClN2S2/c1-6-13-5-8(15-6)9(12-2)10-7(11)3-4-14-10/h3-5,9,12H,1-2H3. The van der Waals surface area contributed by atoms with E-state index < -0.39 is 0 Å². The molecule has 0 aliphatic carbocycles. The highest BCUT2D eigenvalue weighted by atomic mass is 35.5. The number of thiophene rings is 1. The molecule has 2 heterocycles. The molecule has 2 rings (SSSR count). The molecule has 1 N–H and O–H groups in total. The molecule has 0 aliphatic rings. The van der Waals surface area contributed by atoms with Gasteiger partial charge in [0.05, 0.1) is 16.1 Å². The van der Waals surface area contributed by atoms with Gasteiger partial charge >= 0.3 is 0 Å². The van der Waals surface area contributed by atoms with Crippen molar-refractivity contribution in [1.82, 2.24) is 10.3 Å². The first-order valence-corrected chi connectivity index (χ1v) is 6.62. The van der Waals surface area contributed by atoms with Crippen LogP contribution in [0.3, 0.4) is 0 Å². The lowest BCUT2D eigenvalue weighted by molar-refractivity contribution is 0.715. The van der Waals surface area contributed by atoms with E-state index in [9.17, 15) is 0 Å². The molecule has 80 valence electrons. The lowest BCUT2D eigenvalue weighted by Gasteiger charge is -2.12. The maximum atomic E-state index is 6.12. The fraction of sp³-hybridized carbons (Fsp3) is 0.300. The molecule has 15 heavy (non-hydrogen) atoms. The number of hydrogen-bond acceptors (Lipinski definition) is 4. The largest absolute Gasteiger partial charge is 0.308 e. The zero-order valence-corrected chi connectivity index (χ0v) is 10.8. The Morgan fingerprint density at radius 3 is 2.80 bits per heavy atom. The molecule has 2 aromatic heterocycles. The highest BCUT2D eigenvalue weighted by molar-refractivity contribution is 7.12. The molecule has 0 fully saturated rings. The number of aromatic nitrogens is 1. The smallest absolute Gasteiger partial charge is 0.0897 e. The van der Waals surface area contributed by atoms with Crippen LogP contribution >= 0.6 is 34.3 Å². The third kappa shape index (κ3) is 2.23. The summed E-state index contributed by atoms with van der Waals surface area (Å²) in [4.78, 5) is 6.63. The number of aryl methyl sites for hydroxylation is 1. The fourth-order valence-electron chi connectivity index (χ4n) is 1.43. The molecule has 0 bridgehead atoms. The van der Waals surface area contributed by atoms with Crippen LogP contribution in [0, 0.1) is 6.92 Å². The summed E-state index contributed by atoms with van der Waals surface area (Å²) >= 11 is 9.50. The zero-order chi connectivity index (χ0) is 10.8. The minimum Gasteiger partial charge on any atom is -0.308 e. The van der Waals surface area contributed by atoms with Crippen molar-refractivity contribution in [3.8, 4) is 0 Å². The van der Waals surface area contributed by atoms with Crippen molar-refractivity contribution in [2.75, 3.05) is 7.05 Å². The lowest BCUT2D eigenvalue weighted by Crippen LogP contribution is -2.15. The Hall–Kier alpha value is -0.420. The van der Waals surface area contributed by atoms with Crippen LogP contribution < -0.4 is 5.32 Å². The minimum atomic E-state index is 0.170. The monoisotopic (exact) mass is 258 g/mol. The Balaban J connectivity index is 2.36. The van der Waals surface area contributed by atoms with Crippen molar-refractivity contribution in [1.29, 1.82) is 0 Å². The van der Waals surface area contributed by atoms with Gasteiger partial charge in [-0.25, -0.2) is 4.98 Å². The van der Waals surface area contributed by atoms with E-state index >= 15 is 0 Å². The van der Waals surface area contributed by atoms with Gasteiger partial charge in [0, 0.05) is 16.0 Å². The van der Waals surface area contributed by atoms with Crippen LogP contribution in [0.5, 0.6) is 0 Å². The van der Waals surface area contributed by atoms with Gasteiger partial charge in [0.1, 0.15) is 0 Å². The predicted molar refractivity (Wildman–Crippen MR) is 67.1 cm³/mol.